The number of aromatic amines is 1. The van der Waals surface area contributed by atoms with Gasteiger partial charge in [0.2, 0.25) is 0 Å². The second-order valence-electron chi connectivity index (χ2n) is 2.64. The summed E-state index contributed by atoms with van der Waals surface area (Å²) in [5.74, 6) is 0.238. The Morgan fingerprint density at radius 2 is 2.20 bits per heavy atom. The normalized spacial score (nSPS) is 11.5. The molecule has 0 saturated carbocycles. The number of H-pyrrole nitrogens is 1. The van der Waals surface area contributed by atoms with Crippen LogP contribution in [0.2, 0.25) is 0 Å². The number of nitrogens with zero attached hydrogens (tertiary/aromatic N) is 3. The zero-order valence-electron chi connectivity index (χ0n) is 7.25. The van der Waals surface area contributed by atoms with E-state index in [-0.39, 0.29) is 11.0 Å². The quantitative estimate of drug-likeness (QED) is 0.789. The third kappa shape index (κ3) is 2.13. The van der Waals surface area contributed by atoms with Crippen LogP contribution < -0.4 is 0 Å². The summed E-state index contributed by atoms with van der Waals surface area (Å²) in [5, 5.41) is 5.58. The molecule has 0 aliphatic rings. The first-order valence-corrected chi connectivity index (χ1v) is 6.16. The maximum Gasteiger partial charge on any atom is 0.296 e. The van der Waals surface area contributed by atoms with Gasteiger partial charge in [-0.15, -0.1) is 0 Å². The van der Waals surface area contributed by atoms with E-state index in [2.05, 4.69) is 20.2 Å². The van der Waals surface area contributed by atoms with Crippen molar-refractivity contribution in [2.75, 3.05) is 0 Å². The molecule has 0 aromatic carbocycles. The van der Waals surface area contributed by atoms with Crippen molar-refractivity contribution in [1.82, 2.24) is 20.2 Å². The van der Waals surface area contributed by atoms with E-state index in [0.29, 0.717) is 5.56 Å². The van der Waals surface area contributed by atoms with Gasteiger partial charge in [0, 0.05) is 28.6 Å². The Morgan fingerprint density at radius 1 is 1.40 bits per heavy atom. The predicted molar refractivity (Wildman–Crippen MR) is 52.7 cm³/mol. The number of aromatic nitrogens is 4. The largest absolute Gasteiger partial charge is 0.296 e. The summed E-state index contributed by atoms with van der Waals surface area (Å²) in [7, 11) is 1.21. The van der Waals surface area contributed by atoms with Crippen LogP contribution >= 0.6 is 10.7 Å². The number of halogens is 1. The Kier molecular flexibility index (Phi) is 2.41. The van der Waals surface area contributed by atoms with Gasteiger partial charge >= 0.3 is 0 Å². The SMILES string of the molecule is O=S(=O)(Cl)c1nc(-c2cccnc2)n[nH]1. The molecule has 0 amide bonds. The average molecular weight is 245 g/mol. The number of hydrogen-bond acceptors (Lipinski definition) is 5. The van der Waals surface area contributed by atoms with Gasteiger partial charge in [0.05, 0.1) is 0 Å². The molecule has 0 saturated heterocycles. The van der Waals surface area contributed by atoms with Gasteiger partial charge in [-0.05, 0) is 12.1 Å². The molecule has 0 radical (unpaired) electrons. The number of nitrogens with one attached hydrogen (secondary N) is 1. The van der Waals surface area contributed by atoms with Crippen LogP contribution in [0, 0.1) is 0 Å². The minimum Gasteiger partial charge on any atom is -0.264 e. The van der Waals surface area contributed by atoms with Gasteiger partial charge in [-0.2, -0.15) is 10.1 Å². The van der Waals surface area contributed by atoms with Crippen molar-refractivity contribution < 1.29 is 8.42 Å². The summed E-state index contributed by atoms with van der Waals surface area (Å²) in [6, 6.07) is 3.40. The molecule has 0 atom stereocenters. The molecule has 2 heterocycles. The molecule has 1 N–H and O–H groups in total. The molecule has 78 valence electrons. The van der Waals surface area contributed by atoms with E-state index in [1.54, 1.807) is 18.3 Å². The van der Waals surface area contributed by atoms with Crippen molar-refractivity contribution in [3.05, 3.63) is 24.5 Å². The average Bonchev–Trinajstić information content (AvgIpc) is 2.67. The van der Waals surface area contributed by atoms with Gasteiger partial charge in [0.25, 0.3) is 14.2 Å². The van der Waals surface area contributed by atoms with Crippen LogP contribution in [-0.2, 0) is 9.05 Å². The predicted octanol–water partition coefficient (Wildman–Crippen LogP) is 0.794. The van der Waals surface area contributed by atoms with Crippen molar-refractivity contribution in [3.8, 4) is 11.4 Å². The first kappa shape index (κ1) is 10.1. The Balaban J connectivity index is 2.46. The smallest absolute Gasteiger partial charge is 0.264 e. The Bertz CT molecular complexity index is 566. The van der Waals surface area contributed by atoms with Gasteiger partial charge in [-0.3, -0.25) is 4.98 Å². The van der Waals surface area contributed by atoms with Crippen LogP contribution in [0.3, 0.4) is 0 Å². The Hall–Kier alpha value is -1.47. The van der Waals surface area contributed by atoms with E-state index in [1.807, 2.05) is 0 Å². The molecule has 0 unspecified atom stereocenters. The number of hydrogen-bond donors (Lipinski definition) is 1. The third-order valence-electron chi connectivity index (χ3n) is 1.62. The maximum absolute atomic E-state index is 10.9. The molecule has 0 aliphatic carbocycles. The van der Waals surface area contributed by atoms with E-state index in [1.165, 1.54) is 6.20 Å². The zero-order valence-corrected chi connectivity index (χ0v) is 8.83. The second kappa shape index (κ2) is 3.59. The van der Waals surface area contributed by atoms with Crippen LogP contribution in [0.4, 0.5) is 0 Å². The Morgan fingerprint density at radius 3 is 2.73 bits per heavy atom. The van der Waals surface area contributed by atoms with Gasteiger partial charge in [-0.1, -0.05) is 0 Å². The van der Waals surface area contributed by atoms with Crippen LogP contribution in [0.5, 0.6) is 0 Å². The van der Waals surface area contributed by atoms with E-state index >= 15 is 0 Å². The van der Waals surface area contributed by atoms with Crippen molar-refractivity contribution >= 4 is 19.7 Å². The molecule has 0 fully saturated rings. The summed E-state index contributed by atoms with van der Waals surface area (Å²) < 4.78 is 21.8. The summed E-state index contributed by atoms with van der Waals surface area (Å²) >= 11 is 0. The molecule has 2 aromatic rings. The van der Waals surface area contributed by atoms with Crippen molar-refractivity contribution in [2.24, 2.45) is 0 Å². The molecular formula is C7H5ClN4O2S. The second-order valence-corrected chi connectivity index (χ2v) is 5.12. The van der Waals surface area contributed by atoms with Crippen LogP contribution in [0.15, 0.2) is 29.7 Å². The van der Waals surface area contributed by atoms with Crippen LogP contribution in [0.25, 0.3) is 11.4 Å². The maximum atomic E-state index is 10.9. The van der Waals surface area contributed by atoms with Crippen molar-refractivity contribution in [2.45, 2.75) is 5.16 Å². The molecule has 0 aliphatic heterocycles. The zero-order chi connectivity index (χ0) is 10.9. The van der Waals surface area contributed by atoms with E-state index in [0.717, 1.165) is 0 Å². The first-order chi connectivity index (χ1) is 7.07. The van der Waals surface area contributed by atoms with Gasteiger partial charge < -0.3 is 0 Å². The molecule has 2 rings (SSSR count). The summed E-state index contributed by atoms with van der Waals surface area (Å²) in [5.41, 5.74) is 0.611. The lowest BCUT2D eigenvalue weighted by Crippen LogP contribution is -1.92. The minimum atomic E-state index is -3.87. The molecule has 8 heteroatoms. The van der Waals surface area contributed by atoms with Crippen molar-refractivity contribution in [3.63, 3.8) is 0 Å². The fourth-order valence-corrected chi connectivity index (χ4v) is 1.54. The molecule has 15 heavy (non-hydrogen) atoms. The number of rotatable bonds is 2. The van der Waals surface area contributed by atoms with E-state index in [9.17, 15) is 8.42 Å². The topological polar surface area (TPSA) is 88.6 Å². The fraction of sp³-hybridized carbons (Fsp3) is 0. The lowest BCUT2D eigenvalue weighted by Gasteiger charge is -1.90. The first-order valence-electron chi connectivity index (χ1n) is 3.85. The summed E-state index contributed by atoms with van der Waals surface area (Å²) in [4.78, 5) is 7.58. The molecule has 0 spiro atoms. The highest BCUT2D eigenvalue weighted by Gasteiger charge is 2.16. The van der Waals surface area contributed by atoms with Gasteiger partial charge in [-0.25, -0.2) is 13.5 Å². The molecular weight excluding hydrogens is 240 g/mol. The standard InChI is InChI=1S/C7H5ClN4O2S/c8-15(13,14)7-10-6(11-12-7)5-2-1-3-9-4-5/h1-4H,(H,10,11,12). The van der Waals surface area contributed by atoms with Crippen molar-refractivity contribution in [1.29, 1.82) is 0 Å². The molecule has 2 aromatic heterocycles. The van der Waals surface area contributed by atoms with Crippen LogP contribution in [-0.4, -0.2) is 28.6 Å². The summed E-state index contributed by atoms with van der Waals surface area (Å²) in [6.45, 7) is 0. The lowest BCUT2D eigenvalue weighted by atomic mass is 10.3. The minimum absolute atomic E-state index is 0.238. The third-order valence-corrected chi connectivity index (χ3v) is 2.70. The van der Waals surface area contributed by atoms with E-state index < -0.39 is 9.05 Å². The Labute approximate surface area is 89.8 Å². The molecule has 0 bridgehead atoms. The van der Waals surface area contributed by atoms with Gasteiger partial charge in [0.15, 0.2) is 5.82 Å². The fourth-order valence-electron chi connectivity index (χ4n) is 0.980. The highest BCUT2D eigenvalue weighted by Crippen LogP contribution is 2.15. The van der Waals surface area contributed by atoms with Gasteiger partial charge in [0.1, 0.15) is 0 Å². The van der Waals surface area contributed by atoms with E-state index in [4.69, 9.17) is 10.7 Å². The highest BCUT2D eigenvalue weighted by atomic mass is 35.7. The lowest BCUT2D eigenvalue weighted by molar-refractivity contribution is 0.602. The highest BCUT2D eigenvalue weighted by molar-refractivity contribution is 8.13. The monoisotopic (exact) mass is 244 g/mol. The molecule has 6 nitrogen and oxygen atoms in total. The summed E-state index contributed by atoms with van der Waals surface area (Å²) in [6.07, 6.45) is 3.11. The number of pyridine rings is 1. The van der Waals surface area contributed by atoms with Crippen LogP contribution in [0.1, 0.15) is 0 Å².